The van der Waals surface area contributed by atoms with Crippen molar-refractivity contribution in [3.63, 3.8) is 0 Å². The summed E-state index contributed by atoms with van der Waals surface area (Å²) >= 11 is 0. The highest BCUT2D eigenvalue weighted by molar-refractivity contribution is 5.19. The first-order chi connectivity index (χ1) is 9.41. The van der Waals surface area contributed by atoms with Crippen LogP contribution in [0, 0.1) is 13.8 Å². The molecule has 1 aromatic rings. The smallest absolute Gasteiger partial charge is 0.255 e. The van der Waals surface area contributed by atoms with Gasteiger partial charge >= 0.3 is 0 Å². The Hall–Kier alpha value is -1.20. The van der Waals surface area contributed by atoms with Crippen LogP contribution in [0.5, 0.6) is 0 Å². The van der Waals surface area contributed by atoms with Crippen molar-refractivity contribution in [2.45, 2.75) is 59.6 Å². The normalized spacial score (nSPS) is 12.9. The standard InChI is InChI=1S/C15H27N3O2/c1-10(2)20-9-7-6-8-16-11(3)14-12(4)17-13(5)18-15(14)19/h10-11,16H,6-9H2,1-5H3,(H,17,18,19). The Morgan fingerprint density at radius 3 is 2.55 bits per heavy atom. The maximum atomic E-state index is 12.0. The molecule has 1 atom stereocenters. The summed E-state index contributed by atoms with van der Waals surface area (Å²) in [6.07, 6.45) is 2.36. The van der Waals surface area contributed by atoms with Crippen molar-refractivity contribution in [1.29, 1.82) is 0 Å². The monoisotopic (exact) mass is 281 g/mol. The third-order valence-corrected chi connectivity index (χ3v) is 3.17. The van der Waals surface area contributed by atoms with Gasteiger partial charge in [-0.1, -0.05) is 0 Å². The van der Waals surface area contributed by atoms with E-state index in [2.05, 4.69) is 15.3 Å². The summed E-state index contributed by atoms with van der Waals surface area (Å²) in [5.41, 5.74) is 1.49. The van der Waals surface area contributed by atoms with Crippen molar-refractivity contribution >= 4 is 0 Å². The van der Waals surface area contributed by atoms with Gasteiger partial charge in [0.1, 0.15) is 5.82 Å². The van der Waals surface area contributed by atoms with Gasteiger partial charge in [-0.05, 0) is 54.0 Å². The molecular formula is C15H27N3O2. The Labute approximate surface area is 121 Å². The maximum absolute atomic E-state index is 12.0. The first-order valence-electron chi connectivity index (χ1n) is 7.34. The highest BCUT2D eigenvalue weighted by atomic mass is 16.5. The molecule has 0 aliphatic carbocycles. The van der Waals surface area contributed by atoms with Crippen LogP contribution in [-0.4, -0.2) is 29.2 Å². The molecule has 0 aromatic carbocycles. The summed E-state index contributed by atoms with van der Waals surface area (Å²) in [6.45, 7) is 11.4. The lowest BCUT2D eigenvalue weighted by Crippen LogP contribution is -2.28. The summed E-state index contributed by atoms with van der Waals surface area (Å²) in [4.78, 5) is 19.0. The second-order valence-electron chi connectivity index (χ2n) is 5.45. The van der Waals surface area contributed by atoms with Gasteiger partial charge in [0.25, 0.3) is 5.56 Å². The molecule has 1 unspecified atom stereocenters. The number of hydrogen-bond acceptors (Lipinski definition) is 4. The number of nitrogens with zero attached hydrogens (tertiary/aromatic N) is 1. The average Bonchev–Trinajstić information content (AvgIpc) is 2.31. The summed E-state index contributed by atoms with van der Waals surface area (Å²) in [5.74, 6) is 0.661. The lowest BCUT2D eigenvalue weighted by Gasteiger charge is -2.15. The van der Waals surface area contributed by atoms with Gasteiger partial charge in [-0.3, -0.25) is 4.79 Å². The Morgan fingerprint density at radius 2 is 1.95 bits per heavy atom. The number of aryl methyl sites for hydroxylation is 2. The van der Waals surface area contributed by atoms with E-state index in [1.807, 2.05) is 27.7 Å². The maximum Gasteiger partial charge on any atom is 0.255 e. The lowest BCUT2D eigenvalue weighted by atomic mass is 10.1. The van der Waals surface area contributed by atoms with Gasteiger partial charge in [-0.15, -0.1) is 0 Å². The second-order valence-corrected chi connectivity index (χ2v) is 5.45. The molecule has 0 bridgehead atoms. The zero-order valence-electron chi connectivity index (χ0n) is 13.2. The molecule has 0 amide bonds. The third-order valence-electron chi connectivity index (χ3n) is 3.17. The molecule has 0 fully saturated rings. The number of rotatable bonds is 8. The zero-order valence-corrected chi connectivity index (χ0v) is 13.2. The molecule has 5 nitrogen and oxygen atoms in total. The molecule has 1 rings (SSSR count). The number of unbranched alkanes of at least 4 members (excludes halogenated alkanes) is 1. The Kier molecular flexibility index (Phi) is 6.88. The molecular weight excluding hydrogens is 254 g/mol. The molecule has 0 saturated heterocycles. The largest absolute Gasteiger partial charge is 0.379 e. The van der Waals surface area contributed by atoms with E-state index in [1.165, 1.54) is 0 Å². The highest BCUT2D eigenvalue weighted by Crippen LogP contribution is 2.10. The number of aromatic amines is 1. The molecule has 1 aromatic heterocycles. The molecule has 0 spiro atoms. The van der Waals surface area contributed by atoms with Crippen molar-refractivity contribution < 1.29 is 4.74 Å². The Bertz CT molecular complexity index is 469. The minimum absolute atomic E-state index is 0.0119. The fourth-order valence-corrected chi connectivity index (χ4v) is 2.21. The number of aromatic nitrogens is 2. The van der Waals surface area contributed by atoms with Crippen LogP contribution in [0.25, 0.3) is 0 Å². The quantitative estimate of drug-likeness (QED) is 0.717. The molecule has 0 aliphatic heterocycles. The number of ether oxygens (including phenoxy) is 1. The second kappa shape index (κ2) is 8.17. The minimum Gasteiger partial charge on any atom is -0.379 e. The Morgan fingerprint density at radius 1 is 1.25 bits per heavy atom. The van der Waals surface area contributed by atoms with Gasteiger partial charge in [0.2, 0.25) is 0 Å². The fraction of sp³-hybridized carbons (Fsp3) is 0.733. The fourth-order valence-electron chi connectivity index (χ4n) is 2.21. The van der Waals surface area contributed by atoms with Crippen LogP contribution in [0.2, 0.25) is 0 Å². The molecule has 20 heavy (non-hydrogen) atoms. The molecule has 114 valence electrons. The summed E-state index contributed by atoms with van der Waals surface area (Å²) in [6, 6.07) is 0.0119. The molecule has 0 radical (unpaired) electrons. The first kappa shape index (κ1) is 16.9. The van der Waals surface area contributed by atoms with Crippen molar-refractivity contribution in [2.24, 2.45) is 0 Å². The first-order valence-corrected chi connectivity index (χ1v) is 7.34. The van der Waals surface area contributed by atoms with E-state index < -0.39 is 0 Å². The zero-order chi connectivity index (χ0) is 15.1. The summed E-state index contributed by atoms with van der Waals surface area (Å²) < 4.78 is 5.49. The molecule has 0 aliphatic rings. The molecule has 2 N–H and O–H groups in total. The number of H-pyrrole nitrogens is 1. The van der Waals surface area contributed by atoms with Crippen LogP contribution in [0.15, 0.2) is 4.79 Å². The van der Waals surface area contributed by atoms with Crippen LogP contribution in [0.4, 0.5) is 0 Å². The summed E-state index contributed by atoms with van der Waals surface area (Å²) in [7, 11) is 0. The lowest BCUT2D eigenvalue weighted by molar-refractivity contribution is 0.0759. The SMILES string of the molecule is Cc1nc(C)c(C(C)NCCCCOC(C)C)c(=O)[nH]1. The average molecular weight is 281 g/mol. The van der Waals surface area contributed by atoms with Crippen molar-refractivity contribution in [3.05, 3.63) is 27.4 Å². The van der Waals surface area contributed by atoms with Crippen LogP contribution in [-0.2, 0) is 4.74 Å². The van der Waals surface area contributed by atoms with E-state index in [0.29, 0.717) is 11.9 Å². The third kappa shape index (κ3) is 5.43. The molecule has 5 heteroatoms. The van der Waals surface area contributed by atoms with E-state index in [9.17, 15) is 4.79 Å². The van der Waals surface area contributed by atoms with Crippen LogP contribution in [0.1, 0.15) is 56.7 Å². The van der Waals surface area contributed by atoms with Gasteiger partial charge in [-0.25, -0.2) is 4.98 Å². The van der Waals surface area contributed by atoms with E-state index >= 15 is 0 Å². The summed E-state index contributed by atoms with van der Waals surface area (Å²) in [5, 5.41) is 3.37. The van der Waals surface area contributed by atoms with Gasteiger partial charge in [0, 0.05) is 18.3 Å². The predicted molar refractivity (Wildman–Crippen MR) is 81.1 cm³/mol. The number of nitrogens with one attached hydrogen (secondary N) is 2. The van der Waals surface area contributed by atoms with Gasteiger partial charge in [0.15, 0.2) is 0 Å². The highest BCUT2D eigenvalue weighted by Gasteiger charge is 2.13. The van der Waals surface area contributed by atoms with E-state index in [-0.39, 0.29) is 11.6 Å². The predicted octanol–water partition coefficient (Wildman–Crippen LogP) is 2.24. The van der Waals surface area contributed by atoms with Crippen molar-refractivity contribution in [1.82, 2.24) is 15.3 Å². The van der Waals surface area contributed by atoms with E-state index in [4.69, 9.17) is 4.74 Å². The topological polar surface area (TPSA) is 67.0 Å². The van der Waals surface area contributed by atoms with Crippen LogP contribution < -0.4 is 10.9 Å². The molecule has 1 heterocycles. The van der Waals surface area contributed by atoms with Crippen molar-refractivity contribution in [3.8, 4) is 0 Å². The molecule has 0 saturated carbocycles. The van der Waals surface area contributed by atoms with Crippen LogP contribution >= 0.6 is 0 Å². The van der Waals surface area contributed by atoms with Crippen molar-refractivity contribution in [2.75, 3.05) is 13.2 Å². The Balaban J connectivity index is 2.40. The van der Waals surface area contributed by atoms with Crippen LogP contribution in [0.3, 0.4) is 0 Å². The van der Waals surface area contributed by atoms with Gasteiger partial charge in [0.05, 0.1) is 11.7 Å². The van der Waals surface area contributed by atoms with E-state index in [0.717, 1.165) is 37.3 Å². The minimum atomic E-state index is -0.0434. The van der Waals surface area contributed by atoms with Gasteiger partial charge < -0.3 is 15.0 Å². The van der Waals surface area contributed by atoms with Gasteiger partial charge in [-0.2, -0.15) is 0 Å². The van der Waals surface area contributed by atoms with E-state index in [1.54, 1.807) is 6.92 Å². The number of hydrogen-bond donors (Lipinski definition) is 2.